The van der Waals surface area contributed by atoms with Crippen LogP contribution in [-0.2, 0) is 16.6 Å². The van der Waals surface area contributed by atoms with Crippen molar-refractivity contribution >= 4 is 27.5 Å². The third-order valence-corrected chi connectivity index (χ3v) is 4.80. The van der Waals surface area contributed by atoms with E-state index in [4.69, 9.17) is 21.5 Å². The van der Waals surface area contributed by atoms with Gasteiger partial charge in [-0.25, -0.2) is 13.6 Å². The van der Waals surface area contributed by atoms with E-state index in [2.05, 4.69) is 0 Å². The number of rotatable bonds is 5. The van der Waals surface area contributed by atoms with Gasteiger partial charge in [-0.05, 0) is 35.9 Å². The first-order valence-corrected chi connectivity index (χ1v) is 8.85. The zero-order valence-corrected chi connectivity index (χ0v) is 14.8. The van der Waals surface area contributed by atoms with Crippen molar-refractivity contribution in [3.05, 3.63) is 58.6 Å². The molecule has 0 saturated heterocycles. The van der Waals surface area contributed by atoms with Gasteiger partial charge in [0.05, 0.1) is 12.1 Å². The molecule has 8 heteroatoms. The number of hydrogen-bond acceptors (Lipinski definition) is 4. The van der Waals surface area contributed by atoms with Crippen LogP contribution in [0.5, 0.6) is 5.75 Å². The van der Waals surface area contributed by atoms with Crippen LogP contribution >= 0.6 is 11.6 Å². The number of nitrogens with two attached hydrogens (primary N) is 1. The molecule has 0 bridgehead atoms. The first-order valence-electron chi connectivity index (χ1n) is 6.93. The van der Waals surface area contributed by atoms with Crippen LogP contribution < -0.4 is 9.88 Å². The molecule has 0 atom stereocenters. The molecule has 0 radical (unpaired) electrons. The summed E-state index contributed by atoms with van der Waals surface area (Å²) in [6.07, 6.45) is 0. The number of amides is 1. The van der Waals surface area contributed by atoms with Gasteiger partial charge in [0, 0.05) is 19.2 Å². The summed E-state index contributed by atoms with van der Waals surface area (Å²) in [5.74, 6) is 0.385. The maximum absolute atomic E-state index is 12.5. The number of methoxy groups -OCH3 is 1. The first kappa shape index (κ1) is 18.3. The molecule has 0 aliphatic rings. The highest BCUT2D eigenvalue weighted by Crippen LogP contribution is 2.22. The Morgan fingerprint density at radius 2 is 1.83 bits per heavy atom. The quantitative estimate of drug-likeness (QED) is 0.876. The summed E-state index contributed by atoms with van der Waals surface area (Å²) in [5.41, 5.74) is 1.10. The van der Waals surface area contributed by atoms with Gasteiger partial charge in [0.25, 0.3) is 5.91 Å². The predicted molar refractivity (Wildman–Crippen MR) is 91.6 cm³/mol. The average Bonchev–Trinajstić information content (AvgIpc) is 2.54. The Kier molecular flexibility index (Phi) is 5.48. The van der Waals surface area contributed by atoms with Crippen LogP contribution in [-0.4, -0.2) is 33.4 Å². The number of benzene rings is 2. The zero-order chi connectivity index (χ0) is 17.9. The molecule has 2 N–H and O–H groups in total. The Morgan fingerprint density at radius 1 is 1.21 bits per heavy atom. The van der Waals surface area contributed by atoms with Crippen molar-refractivity contribution < 1.29 is 17.9 Å². The molecule has 0 aliphatic carbocycles. The molecule has 24 heavy (non-hydrogen) atoms. The summed E-state index contributed by atoms with van der Waals surface area (Å²) in [4.78, 5) is 13.7. The molecule has 0 aliphatic heterocycles. The normalized spacial score (nSPS) is 11.2. The number of nitrogens with zero attached hydrogens (tertiary/aromatic N) is 1. The molecule has 2 aromatic carbocycles. The monoisotopic (exact) mass is 368 g/mol. The fourth-order valence-corrected chi connectivity index (χ4v) is 3.22. The van der Waals surface area contributed by atoms with E-state index in [1.165, 1.54) is 23.1 Å². The minimum Gasteiger partial charge on any atom is -0.497 e. The lowest BCUT2D eigenvalue weighted by Crippen LogP contribution is -2.26. The number of hydrogen-bond donors (Lipinski definition) is 1. The van der Waals surface area contributed by atoms with Crippen LogP contribution in [0.25, 0.3) is 0 Å². The van der Waals surface area contributed by atoms with E-state index >= 15 is 0 Å². The molecule has 0 spiro atoms. The van der Waals surface area contributed by atoms with Gasteiger partial charge in [0.2, 0.25) is 10.0 Å². The summed E-state index contributed by atoms with van der Waals surface area (Å²) in [5, 5.41) is 5.08. The summed E-state index contributed by atoms with van der Waals surface area (Å²) in [6, 6.07) is 11.3. The summed E-state index contributed by atoms with van der Waals surface area (Å²) >= 11 is 5.83. The number of carbonyl (C=O) groups is 1. The maximum Gasteiger partial charge on any atom is 0.253 e. The van der Waals surface area contributed by atoms with Crippen molar-refractivity contribution in [2.45, 2.75) is 11.4 Å². The Labute approximate surface area is 145 Å². The third-order valence-electron chi connectivity index (χ3n) is 3.41. The van der Waals surface area contributed by atoms with Crippen LogP contribution in [0.4, 0.5) is 0 Å². The molecule has 0 heterocycles. The molecule has 2 rings (SSSR count). The topological polar surface area (TPSA) is 89.7 Å². The van der Waals surface area contributed by atoms with Crippen molar-refractivity contribution in [3.63, 3.8) is 0 Å². The molecule has 2 aromatic rings. The van der Waals surface area contributed by atoms with Crippen molar-refractivity contribution in [2.75, 3.05) is 14.2 Å². The van der Waals surface area contributed by atoms with E-state index in [0.717, 1.165) is 11.3 Å². The Balaban J connectivity index is 2.21. The average molecular weight is 369 g/mol. The van der Waals surface area contributed by atoms with Crippen LogP contribution in [0, 0.1) is 0 Å². The third kappa shape index (κ3) is 4.25. The maximum atomic E-state index is 12.5. The molecule has 128 valence electrons. The van der Waals surface area contributed by atoms with E-state index < -0.39 is 10.0 Å². The van der Waals surface area contributed by atoms with Gasteiger partial charge in [0.1, 0.15) is 10.6 Å². The van der Waals surface area contributed by atoms with E-state index in [1.807, 2.05) is 12.1 Å². The fraction of sp³-hybridized carbons (Fsp3) is 0.188. The molecular weight excluding hydrogens is 352 g/mol. The fourth-order valence-electron chi connectivity index (χ4n) is 2.15. The largest absolute Gasteiger partial charge is 0.497 e. The van der Waals surface area contributed by atoms with Crippen LogP contribution in [0.15, 0.2) is 47.4 Å². The lowest BCUT2D eigenvalue weighted by Gasteiger charge is -2.18. The molecular formula is C16H17ClN2O4S. The zero-order valence-electron chi connectivity index (χ0n) is 13.2. The van der Waals surface area contributed by atoms with Crippen molar-refractivity contribution in [3.8, 4) is 5.75 Å². The number of carbonyl (C=O) groups excluding carboxylic acids is 1. The van der Waals surface area contributed by atoms with Gasteiger partial charge >= 0.3 is 0 Å². The van der Waals surface area contributed by atoms with Gasteiger partial charge in [-0.2, -0.15) is 0 Å². The first-order chi connectivity index (χ1) is 11.2. The van der Waals surface area contributed by atoms with E-state index in [-0.39, 0.29) is 21.4 Å². The number of primary sulfonamides is 1. The van der Waals surface area contributed by atoms with E-state index in [1.54, 1.807) is 26.3 Å². The number of ether oxygens (including phenoxy) is 1. The van der Waals surface area contributed by atoms with Crippen molar-refractivity contribution in [2.24, 2.45) is 5.14 Å². The van der Waals surface area contributed by atoms with Crippen LogP contribution in [0.3, 0.4) is 0 Å². The van der Waals surface area contributed by atoms with Gasteiger partial charge < -0.3 is 9.64 Å². The highest BCUT2D eigenvalue weighted by Gasteiger charge is 2.18. The second kappa shape index (κ2) is 7.21. The van der Waals surface area contributed by atoms with Gasteiger partial charge in [-0.15, -0.1) is 0 Å². The molecule has 0 fully saturated rings. The Bertz CT molecular complexity index is 851. The molecule has 0 aromatic heterocycles. The van der Waals surface area contributed by atoms with E-state index in [0.29, 0.717) is 6.54 Å². The summed E-state index contributed by atoms with van der Waals surface area (Å²) in [6.45, 7) is 0.357. The standard InChI is InChI=1S/C16H17ClN2O4S/c1-19(10-11-3-6-13(23-2)7-4-11)16(20)12-5-8-14(17)15(9-12)24(18,21)22/h3-9H,10H2,1-2H3,(H2,18,21,22). The van der Waals surface area contributed by atoms with Crippen molar-refractivity contribution in [1.29, 1.82) is 0 Å². The minimum absolute atomic E-state index is 0.0214. The number of sulfonamides is 1. The van der Waals surface area contributed by atoms with Crippen LogP contribution in [0.2, 0.25) is 5.02 Å². The molecule has 1 amide bonds. The highest BCUT2D eigenvalue weighted by molar-refractivity contribution is 7.89. The lowest BCUT2D eigenvalue weighted by atomic mass is 10.1. The second-order valence-corrected chi connectivity index (χ2v) is 7.14. The van der Waals surface area contributed by atoms with Gasteiger partial charge in [0.15, 0.2) is 0 Å². The molecule has 0 saturated carbocycles. The lowest BCUT2D eigenvalue weighted by molar-refractivity contribution is 0.0785. The van der Waals surface area contributed by atoms with E-state index in [9.17, 15) is 13.2 Å². The van der Waals surface area contributed by atoms with Gasteiger partial charge in [-0.1, -0.05) is 23.7 Å². The van der Waals surface area contributed by atoms with Gasteiger partial charge in [-0.3, -0.25) is 4.79 Å². The van der Waals surface area contributed by atoms with Crippen LogP contribution in [0.1, 0.15) is 15.9 Å². The highest BCUT2D eigenvalue weighted by atomic mass is 35.5. The Hall–Kier alpha value is -2.09. The molecule has 6 nitrogen and oxygen atoms in total. The Morgan fingerprint density at radius 3 is 2.38 bits per heavy atom. The minimum atomic E-state index is -4.00. The summed E-state index contributed by atoms with van der Waals surface area (Å²) < 4.78 is 28.1. The number of halogens is 1. The second-order valence-electron chi connectivity index (χ2n) is 5.20. The smallest absolute Gasteiger partial charge is 0.253 e. The van der Waals surface area contributed by atoms with Crippen molar-refractivity contribution in [1.82, 2.24) is 4.90 Å². The predicted octanol–water partition coefficient (Wildman–Crippen LogP) is 2.27. The SMILES string of the molecule is COc1ccc(CN(C)C(=O)c2ccc(Cl)c(S(N)(=O)=O)c2)cc1. The summed E-state index contributed by atoms with van der Waals surface area (Å²) in [7, 11) is -0.798. The molecule has 0 unspecified atom stereocenters.